The molecule has 2 aliphatic carbocycles. The number of anilines is 1. The van der Waals surface area contributed by atoms with Crippen LogP contribution in [0, 0.1) is 0 Å². The molecule has 0 bridgehead atoms. The average Bonchev–Trinajstić information content (AvgIpc) is 3.33. The van der Waals surface area contributed by atoms with E-state index in [1.54, 1.807) is 11.3 Å². The third-order valence-corrected chi connectivity index (χ3v) is 6.52. The van der Waals surface area contributed by atoms with Crippen LogP contribution in [0.5, 0.6) is 0 Å². The number of carbonyl (C=O) groups excluding carboxylic acids is 1. The zero-order chi connectivity index (χ0) is 18.9. The molecule has 1 N–H and O–H groups in total. The van der Waals surface area contributed by atoms with Crippen molar-refractivity contribution < 1.29 is 4.79 Å². The summed E-state index contributed by atoms with van der Waals surface area (Å²) in [4.78, 5) is 19.0. The van der Waals surface area contributed by atoms with Gasteiger partial charge < -0.3 is 0 Å². The fourth-order valence-corrected chi connectivity index (χ4v) is 4.89. The van der Waals surface area contributed by atoms with E-state index in [0.717, 1.165) is 42.8 Å². The predicted molar refractivity (Wildman–Crippen MR) is 109 cm³/mol. The molecule has 2 aliphatic rings. The van der Waals surface area contributed by atoms with Crippen LogP contribution in [0.15, 0.2) is 30.3 Å². The summed E-state index contributed by atoms with van der Waals surface area (Å²) in [5.74, 6) is 0.151. The Labute approximate surface area is 168 Å². The minimum absolute atomic E-state index is 0.203. The van der Waals surface area contributed by atoms with Crippen molar-refractivity contribution in [3.8, 4) is 5.69 Å². The van der Waals surface area contributed by atoms with E-state index in [-0.39, 0.29) is 5.91 Å². The number of amides is 1. The third kappa shape index (κ3) is 3.46. The summed E-state index contributed by atoms with van der Waals surface area (Å²) in [6.07, 6.45) is 9.18. The van der Waals surface area contributed by atoms with Gasteiger partial charge in [0.15, 0.2) is 10.8 Å². The Morgan fingerprint density at radius 3 is 2.64 bits per heavy atom. The number of nitrogens with zero attached hydrogens (tertiary/aromatic N) is 4. The number of nitrogens with one attached hydrogen (secondary N) is 1. The number of para-hydroxylation sites is 1. The summed E-state index contributed by atoms with van der Waals surface area (Å²) in [5, 5.41) is 12.2. The first-order valence-corrected chi connectivity index (χ1v) is 10.9. The number of benzene rings is 1. The molecule has 144 valence electrons. The molecule has 0 unspecified atom stereocenters. The highest BCUT2D eigenvalue weighted by Crippen LogP contribution is 2.42. The van der Waals surface area contributed by atoms with Gasteiger partial charge in [0.25, 0.3) is 5.91 Å². The monoisotopic (exact) mass is 393 g/mol. The smallest absolute Gasteiger partial charge is 0.279 e. The maximum atomic E-state index is 13.0. The lowest BCUT2D eigenvalue weighted by Gasteiger charge is -2.06. The molecular weight excluding hydrogens is 370 g/mol. The minimum Gasteiger partial charge on any atom is -0.296 e. The van der Waals surface area contributed by atoms with Crippen LogP contribution in [0.2, 0.25) is 0 Å². The van der Waals surface area contributed by atoms with Gasteiger partial charge in [0.2, 0.25) is 0 Å². The minimum atomic E-state index is -0.203. The highest BCUT2D eigenvalue weighted by atomic mass is 32.1. The van der Waals surface area contributed by atoms with Crippen molar-refractivity contribution in [2.45, 2.75) is 57.3 Å². The molecule has 1 amide bonds. The summed E-state index contributed by atoms with van der Waals surface area (Å²) in [7, 11) is 0. The van der Waals surface area contributed by atoms with Crippen LogP contribution in [-0.2, 0) is 12.8 Å². The van der Waals surface area contributed by atoms with Gasteiger partial charge in [-0.3, -0.25) is 10.1 Å². The Hall–Kier alpha value is -2.54. The number of carbonyl (C=O) groups is 1. The van der Waals surface area contributed by atoms with Crippen molar-refractivity contribution in [2.75, 3.05) is 5.32 Å². The standard InChI is InChI=1S/C21H23N5OS/c27-20(23-21-22-16-10-6-1-2-7-11-17(16)28-21)18-19(14-12-13-14)26(25-24-18)15-8-4-3-5-9-15/h3-5,8-9,14H,1-2,6-7,10-13H2,(H,22,23,27). The number of fused-ring (bicyclic) bond motifs is 1. The second-order valence-electron chi connectivity index (χ2n) is 7.60. The number of thiazole rings is 1. The molecule has 0 saturated heterocycles. The second-order valence-corrected chi connectivity index (χ2v) is 8.69. The lowest BCUT2D eigenvalue weighted by atomic mass is 10.0. The Morgan fingerprint density at radius 1 is 1.07 bits per heavy atom. The summed E-state index contributed by atoms with van der Waals surface area (Å²) in [6, 6.07) is 9.89. The first-order chi connectivity index (χ1) is 13.8. The number of hydrogen-bond donors (Lipinski definition) is 1. The second kappa shape index (κ2) is 7.47. The molecule has 0 spiro atoms. The SMILES string of the molecule is O=C(Nc1nc2c(s1)CCCCCC2)c1nnn(-c2ccccc2)c1C1CC1. The van der Waals surface area contributed by atoms with Gasteiger partial charge in [0.1, 0.15) is 0 Å². The molecule has 5 rings (SSSR count). The Kier molecular flexibility index (Phi) is 4.68. The molecule has 0 aliphatic heterocycles. The van der Waals surface area contributed by atoms with Crippen LogP contribution < -0.4 is 5.32 Å². The summed E-state index contributed by atoms with van der Waals surface area (Å²) in [6.45, 7) is 0. The molecule has 2 aromatic heterocycles. The lowest BCUT2D eigenvalue weighted by molar-refractivity contribution is 0.102. The first kappa shape index (κ1) is 17.6. The quantitative estimate of drug-likeness (QED) is 0.708. The summed E-state index contributed by atoms with van der Waals surface area (Å²) in [5.41, 5.74) is 3.44. The Morgan fingerprint density at radius 2 is 1.86 bits per heavy atom. The zero-order valence-electron chi connectivity index (χ0n) is 15.7. The molecule has 0 atom stereocenters. The van der Waals surface area contributed by atoms with Gasteiger partial charge >= 0.3 is 0 Å². The van der Waals surface area contributed by atoms with Crippen LogP contribution in [0.1, 0.15) is 71.2 Å². The maximum absolute atomic E-state index is 13.0. The molecule has 0 radical (unpaired) electrons. The average molecular weight is 394 g/mol. The van der Waals surface area contributed by atoms with Crippen molar-refractivity contribution in [1.29, 1.82) is 0 Å². The molecule has 6 nitrogen and oxygen atoms in total. The normalized spacial score (nSPS) is 16.9. The van der Waals surface area contributed by atoms with Crippen LogP contribution in [0.25, 0.3) is 5.69 Å². The van der Waals surface area contributed by atoms with Crippen molar-refractivity contribution >= 4 is 22.4 Å². The highest BCUT2D eigenvalue weighted by Gasteiger charge is 2.34. The van der Waals surface area contributed by atoms with E-state index in [4.69, 9.17) is 4.98 Å². The molecule has 7 heteroatoms. The Balaban J connectivity index is 1.42. The van der Waals surface area contributed by atoms with Crippen molar-refractivity contribution in [1.82, 2.24) is 20.0 Å². The largest absolute Gasteiger partial charge is 0.296 e. The fourth-order valence-electron chi connectivity index (χ4n) is 3.85. The molecule has 2 heterocycles. The number of hydrogen-bond acceptors (Lipinski definition) is 5. The molecular formula is C21H23N5OS. The lowest BCUT2D eigenvalue weighted by Crippen LogP contribution is -2.15. The van der Waals surface area contributed by atoms with E-state index < -0.39 is 0 Å². The van der Waals surface area contributed by atoms with E-state index in [2.05, 4.69) is 15.6 Å². The predicted octanol–water partition coefficient (Wildman–Crippen LogP) is 4.51. The molecule has 1 aromatic carbocycles. The van der Waals surface area contributed by atoms with Gasteiger partial charge in [-0.25, -0.2) is 9.67 Å². The van der Waals surface area contributed by atoms with Gasteiger partial charge in [-0.15, -0.1) is 16.4 Å². The van der Waals surface area contributed by atoms with Gasteiger partial charge in [0, 0.05) is 10.8 Å². The van der Waals surface area contributed by atoms with E-state index >= 15 is 0 Å². The summed E-state index contributed by atoms with van der Waals surface area (Å²) >= 11 is 1.62. The molecule has 28 heavy (non-hydrogen) atoms. The van der Waals surface area contributed by atoms with Gasteiger partial charge in [-0.1, -0.05) is 36.3 Å². The van der Waals surface area contributed by atoms with Gasteiger partial charge in [-0.2, -0.15) is 0 Å². The molecule has 1 saturated carbocycles. The van der Waals surface area contributed by atoms with Crippen LogP contribution >= 0.6 is 11.3 Å². The van der Waals surface area contributed by atoms with E-state index in [1.165, 1.54) is 30.6 Å². The zero-order valence-corrected chi connectivity index (χ0v) is 16.5. The first-order valence-electron chi connectivity index (χ1n) is 10.1. The third-order valence-electron chi connectivity index (χ3n) is 5.45. The topological polar surface area (TPSA) is 72.7 Å². The van der Waals surface area contributed by atoms with E-state index in [0.29, 0.717) is 16.7 Å². The van der Waals surface area contributed by atoms with Crippen LogP contribution in [-0.4, -0.2) is 25.9 Å². The number of aromatic nitrogens is 4. The number of rotatable bonds is 4. The van der Waals surface area contributed by atoms with Crippen molar-refractivity contribution in [2.24, 2.45) is 0 Å². The van der Waals surface area contributed by atoms with E-state index in [9.17, 15) is 4.79 Å². The van der Waals surface area contributed by atoms with Gasteiger partial charge in [0.05, 0.1) is 17.1 Å². The number of aryl methyl sites for hydroxylation is 2. The van der Waals surface area contributed by atoms with Gasteiger partial charge in [-0.05, 0) is 50.7 Å². The van der Waals surface area contributed by atoms with Crippen molar-refractivity contribution in [3.05, 3.63) is 52.3 Å². The van der Waals surface area contributed by atoms with Crippen LogP contribution in [0.3, 0.4) is 0 Å². The highest BCUT2D eigenvalue weighted by molar-refractivity contribution is 7.15. The van der Waals surface area contributed by atoms with Crippen LogP contribution in [0.4, 0.5) is 5.13 Å². The van der Waals surface area contributed by atoms with Crippen molar-refractivity contribution in [3.63, 3.8) is 0 Å². The molecule has 3 aromatic rings. The maximum Gasteiger partial charge on any atom is 0.279 e. The van der Waals surface area contributed by atoms with E-state index in [1.807, 2.05) is 35.0 Å². The fraction of sp³-hybridized carbons (Fsp3) is 0.429. The summed E-state index contributed by atoms with van der Waals surface area (Å²) < 4.78 is 1.81. The Bertz CT molecular complexity index is 964. The molecule has 1 fully saturated rings.